The lowest BCUT2D eigenvalue weighted by Crippen LogP contribution is -2.30. The lowest BCUT2D eigenvalue weighted by Gasteiger charge is -2.12. The number of carbonyl (C=O) groups is 1. The first-order valence-corrected chi connectivity index (χ1v) is 5.06. The first-order valence-electron chi connectivity index (χ1n) is 4.27. The van der Waals surface area contributed by atoms with Crippen molar-refractivity contribution in [1.82, 2.24) is 0 Å². The third kappa shape index (κ3) is 3.62. The van der Waals surface area contributed by atoms with Gasteiger partial charge in [0, 0.05) is 10.2 Å². The van der Waals surface area contributed by atoms with Gasteiger partial charge in [-0.05, 0) is 18.2 Å². The molecule has 0 aromatic heterocycles. The van der Waals surface area contributed by atoms with Crippen LogP contribution in [0.2, 0.25) is 0 Å². The largest absolute Gasteiger partial charge is 0.471 e. The smallest absolute Gasteiger partial charge is 0.318 e. The van der Waals surface area contributed by atoms with Crippen molar-refractivity contribution in [2.45, 2.75) is 12.4 Å². The van der Waals surface area contributed by atoms with E-state index in [1.54, 1.807) is 0 Å². The molecule has 18 heavy (non-hydrogen) atoms. The van der Waals surface area contributed by atoms with Gasteiger partial charge in [-0.25, -0.2) is 0 Å². The predicted octanol–water partition coefficient (Wildman–Crippen LogP) is 3.97. The van der Waals surface area contributed by atoms with Crippen molar-refractivity contribution < 1.29 is 31.1 Å². The molecule has 2 nitrogen and oxygen atoms in total. The Bertz CT molecular complexity index is 467. The summed E-state index contributed by atoms with van der Waals surface area (Å²) in [5.41, 5.74) is -1.77. The fraction of sp³-hybridized carbons (Fsp3) is 0.222. The molecule has 0 unspecified atom stereocenters. The predicted molar refractivity (Wildman–Crippen MR) is 53.8 cm³/mol. The van der Waals surface area contributed by atoms with Gasteiger partial charge in [0.1, 0.15) is 0 Å². The summed E-state index contributed by atoms with van der Waals surface area (Å²) >= 11 is 2.62. The van der Waals surface area contributed by atoms with Crippen LogP contribution in [0.3, 0.4) is 0 Å². The zero-order chi connectivity index (χ0) is 14.1. The first kappa shape index (κ1) is 14.8. The van der Waals surface area contributed by atoms with Crippen LogP contribution >= 0.6 is 15.9 Å². The molecule has 0 aliphatic rings. The number of carbonyl (C=O) groups excluding carboxylic acids is 1. The van der Waals surface area contributed by atoms with Gasteiger partial charge in [-0.3, -0.25) is 4.79 Å². The summed E-state index contributed by atoms with van der Waals surface area (Å²) in [5.74, 6) is -2.34. The maximum Gasteiger partial charge on any atom is 0.471 e. The molecule has 1 aromatic rings. The minimum Gasteiger partial charge on any atom is -0.318 e. The molecule has 0 aliphatic heterocycles. The zero-order valence-electron chi connectivity index (χ0n) is 8.29. The fourth-order valence-electron chi connectivity index (χ4n) is 1.02. The van der Waals surface area contributed by atoms with Crippen molar-refractivity contribution in [3.05, 3.63) is 28.2 Å². The van der Waals surface area contributed by atoms with Gasteiger partial charge < -0.3 is 5.32 Å². The molecule has 1 aromatic carbocycles. The summed E-state index contributed by atoms with van der Waals surface area (Å²) in [6, 6.07) is 2.23. The fourth-order valence-corrected chi connectivity index (χ4v) is 1.49. The highest BCUT2D eigenvalue weighted by molar-refractivity contribution is 9.10. The second-order valence-corrected chi connectivity index (χ2v) is 4.00. The van der Waals surface area contributed by atoms with Gasteiger partial charge in [0.25, 0.3) is 0 Å². The monoisotopic (exact) mass is 335 g/mol. The van der Waals surface area contributed by atoms with E-state index in [2.05, 4.69) is 15.9 Å². The number of amides is 1. The van der Waals surface area contributed by atoms with Gasteiger partial charge in [0.15, 0.2) is 0 Å². The number of halogens is 7. The van der Waals surface area contributed by atoms with Crippen LogP contribution < -0.4 is 5.32 Å². The second-order valence-electron chi connectivity index (χ2n) is 3.14. The van der Waals surface area contributed by atoms with Crippen molar-refractivity contribution in [2.24, 2.45) is 0 Å². The highest BCUT2D eigenvalue weighted by atomic mass is 79.9. The molecule has 0 saturated heterocycles. The van der Waals surface area contributed by atoms with Crippen LogP contribution in [0.5, 0.6) is 0 Å². The molecule has 0 heterocycles. The standard InChI is InChI=1S/C9H4BrF6NO/c10-6-2-1-4(3-5(6)8(11,12)13)17-7(18)9(14,15)16/h1-3H,(H,17,18). The van der Waals surface area contributed by atoms with Crippen LogP contribution in [0.15, 0.2) is 22.7 Å². The molecule has 9 heteroatoms. The lowest BCUT2D eigenvalue weighted by atomic mass is 10.2. The Hall–Kier alpha value is -1.25. The number of benzene rings is 1. The van der Waals surface area contributed by atoms with E-state index in [-0.39, 0.29) is 4.47 Å². The minimum atomic E-state index is -5.16. The Morgan fingerprint density at radius 2 is 1.67 bits per heavy atom. The maximum atomic E-state index is 12.4. The quantitative estimate of drug-likeness (QED) is 0.773. The second kappa shape index (κ2) is 4.79. The zero-order valence-corrected chi connectivity index (χ0v) is 9.87. The Balaban J connectivity index is 3.04. The van der Waals surface area contributed by atoms with Crippen LogP contribution in [0, 0.1) is 0 Å². The van der Waals surface area contributed by atoms with E-state index in [9.17, 15) is 31.1 Å². The highest BCUT2D eigenvalue weighted by Crippen LogP contribution is 2.36. The molecule has 0 spiro atoms. The topological polar surface area (TPSA) is 29.1 Å². The van der Waals surface area contributed by atoms with Crippen molar-refractivity contribution in [2.75, 3.05) is 5.32 Å². The Morgan fingerprint density at radius 1 is 1.11 bits per heavy atom. The van der Waals surface area contributed by atoms with E-state index in [1.165, 1.54) is 5.32 Å². The van der Waals surface area contributed by atoms with E-state index in [0.29, 0.717) is 6.07 Å². The number of nitrogens with one attached hydrogen (secondary N) is 1. The summed E-state index contributed by atoms with van der Waals surface area (Å²) in [7, 11) is 0. The number of alkyl halides is 6. The number of hydrogen-bond acceptors (Lipinski definition) is 1. The lowest BCUT2D eigenvalue weighted by molar-refractivity contribution is -0.167. The Morgan fingerprint density at radius 3 is 2.11 bits per heavy atom. The average Bonchev–Trinajstić information content (AvgIpc) is 2.17. The molecule has 1 N–H and O–H groups in total. The third-order valence-electron chi connectivity index (χ3n) is 1.79. The number of anilines is 1. The average molecular weight is 336 g/mol. The van der Waals surface area contributed by atoms with Gasteiger partial charge >= 0.3 is 18.3 Å². The SMILES string of the molecule is O=C(Nc1ccc(Br)c(C(F)(F)F)c1)C(F)(F)F. The van der Waals surface area contributed by atoms with Crippen LogP contribution in [0.4, 0.5) is 32.0 Å². The van der Waals surface area contributed by atoms with Crippen LogP contribution in [-0.4, -0.2) is 12.1 Å². The van der Waals surface area contributed by atoms with Crippen LogP contribution in [0.1, 0.15) is 5.56 Å². The maximum absolute atomic E-state index is 12.4. The molecule has 1 amide bonds. The molecule has 100 valence electrons. The summed E-state index contributed by atoms with van der Waals surface area (Å²) in [4.78, 5) is 10.6. The highest BCUT2D eigenvalue weighted by Gasteiger charge is 2.39. The molecular weight excluding hydrogens is 332 g/mol. The molecule has 0 atom stereocenters. The van der Waals surface area contributed by atoms with E-state index >= 15 is 0 Å². The van der Waals surface area contributed by atoms with Gasteiger partial charge in [-0.1, -0.05) is 15.9 Å². The van der Waals surface area contributed by atoms with Gasteiger partial charge in [-0.2, -0.15) is 26.3 Å². The van der Waals surface area contributed by atoms with E-state index in [4.69, 9.17) is 0 Å². The normalized spacial score (nSPS) is 12.4. The summed E-state index contributed by atoms with van der Waals surface area (Å²) in [6.45, 7) is 0. The van der Waals surface area contributed by atoms with Crippen molar-refractivity contribution in [3.8, 4) is 0 Å². The van der Waals surface area contributed by atoms with E-state index in [1.807, 2.05) is 0 Å². The van der Waals surface area contributed by atoms with Crippen LogP contribution in [0.25, 0.3) is 0 Å². The minimum absolute atomic E-state index is 0.333. The summed E-state index contributed by atoms with van der Waals surface area (Å²) in [6.07, 6.45) is -9.90. The van der Waals surface area contributed by atoms with Gasteiger partial charge in [-0.15, -0.1) is 0 Å². The molecule has 0 saturated carbocycles. The van der Waals surface area contributed by atoms with Gasteiger partial charge in [0.2, 0.25) is 0 Å². The Kier molecular flexibility index (Phi) is 3.94. The molecule has 0 bridgehead atoms. The molecule has 0 aliphatic carbocycles. The van der Waals surface area contributed by atoms with Crippen molar-refractivity contribution in [3.63, 3.8) is 0 Å². The third-order valence-corrected chi connectivity index (χ3v) is 2.48. The molecule has 1 rings (SSSR count). The van der Waals surface area contributed by atoms with Crippen molar-refractivity contribution >= 4 is 27.5 Å². The van der Waals surface area contributed by atoms with E-state index < -0.39 is 29.5 Å². The number of rotatable bonds is 1. The first-order chi connectivity index (χ1) is 8.01. The molecule has 0 fully saturated rings. The molecule has 0 radical (unpaired) electrons. The number of hydrogen-bond donors (Lipinski definition) is 1. The van der Waals surface area contributed by atoms with E-state index in [0.717, 1.165) is 12.1 Å². The summed E-state index contributed by atoms with van der Waals surface area (Å²) in [5, 5.41) is 1.34. The van der Waals surface area contributed by atoms with Gasteiger partial charge in [0.05, 0.1) is 5.56 Å². The summed E-state index contributed by atoms with van der Waals surface area (Å²) < 4.78 is 72.7. The van der Waals surface area contributed by atoms with Crippen molar-refractivity contribution in [1.29, 1.82) is 0 Å². The molecular formula is C9H4BrF6NO. The van der Waals surface area contributed by atoms with Crippen LogP contribution in [-0.2, 0) is 11.0 Å². The Labute approximate surface area is 105 Å².